The molecule has 0 aliphatic rings. The smallest absolute Gasteiger partial charge is 0.418 e. The normalized spacial score (nSPS) is 11.2. The van der Waals surface area contributed by atoms with Gasteiger partial charge >= 0.3 is 17.7 Å². The number of hydrogen-bond donors (Lipinski definition) is 0. The fourth-order valence-corrected chi connectivity index (χ4v) is 1.96. The first kappa shape index (κ1) is 17.4. The number of benzene rings is 1. The van der Waals surface area contributed by atoms with E-state index in [0.717, 1.165) is 12.3 Å². The molecule has 2 aromatic rings. The molecule has 0 amide bonds. The number of nitrogens with zero attached hydrogens (tertiary/aromatic N) is 3. The zero-order valence-electron chi connectivity index (χ0n) is 11.3. The van der Waals surface area contributed by atoms with E-state index in [0.29, 0.717) is 6.07 Å². The van der Waals surface area contributed by atoms with Crippen LogP contribution in [-0.2, 0) is 6.18 Å². The topological polar surface area (TPSA) is 108 Å². The van der Waals surface area contributed by atoms with Gasteiger partial charge in [0.25, 0.3) is 0 Å². The Morgan fingerprint density at radius 2 is 1.79 bits per heavy atom. The number of halogens is 4. The van der Waals surface area contributed by atoms with Gasteiger partial charge in [-0.3, -0.25) is 10.1 Å². The first-order valence-electron chi connectivity index (χ1n) is 5.93. The average molecular weight is 364 g/mol. The fourth-order valence-electron chi connectivity index (χ4n) is 1.70. The number of ether oxygens (including phenoxy) is 1. The highest BCUT2D eigenvalue weighted by atomic mass is 35.5. The maximum absolute atomic E-state index is 12.8. The van der Waals surface area contributed by atoms with E-state index in [1.165, 1.54) is 6.07 Å². The summed E-state index contributed by atoms with van der Waals surface area (Å²) >= 11 is 5.49. The molecule has 0 aliphatic carbocycles. The van der Waals surface area contributed by atoms with Crippen LogP contribution in [0.25, 0.3) is 0 Å². The molecule has 0 N–H and O–H groups in total. The molecule has 126 valence electrons. The minimum Gasteiger partial charge on any atom is -0.441 e. The maximum atomic E-state index is 12.8. The van der Waals surface area contributed by atoms with Gasteiger partial charge in [0.05, 0.1) is 15.5 Å². The number of nitro benzene ring substituents is 1. The minimum absolute atomic E-state index is 0.194. The van der Waals surface area contributed by atoms with E-state index in [1.807, 2.05) is 0 Å². The summed E-state index contributed by atoms with van der Waals surface area (Å²) in [6, 6.07) is 3.10. The van der Waals surface area contributed by atoms with Crippen molar-refractivity contribution in [2.75, 3.05) is 0 Å². The van der Waals surface area contributed by atoms with Crippen molar-refractivity contribution in [1.29, 1.82) is 0 Å². The van der Waals surface area contributed by atoms with Gasteiger partial charge in [-0.1, -0.05) is 11.6 Å². The third-order valence-corrected chi connectivity index (χ3v) is 3.01. The maximum Gasteiger partial charge on any atom is 0.418 e. The molecule has 0 unspecified atom stereocenters. The van der Waals surface area contributed by atoms with Crippen LogP contribution in [0.2, 0.25) is 5.02 Å². The van der Waals surface area contributed by atoms with E-state index in [1.54, 1.807) is 0 Å². The monoisotopic (exact) mass is 363 g/mol. The molecule has 1 heterocycles. The summed E-state index contributed by atoms with van der Waals surface area (Å²) in [6.45, 7) is 0. The average Bonchev–Trinajstić information content (AvgIpc) is 2.46. The largest absolute Gasteiger partial charge is 0.441 e. The second-order valence-electron chi connectivity index (χ2n) is 4.24. The van der Waals surface area contributed by atoms with Gasteiger partial charge in [0, 0.05) is 12.1 Å². The molecule has 0 bridgehead atoms. The lowest BCUT2D eigenvalue weighted by atomic mass is 10.1. The summed E-state index contributed by atoms with van der Waals surface area (Å²) in [6.07, 6.45) is -3.83. The second-order valence-corrected chi connectivity index (χ2v) is 4.65. The van der Waals surface area contributed by atoms with Crippen LogP contribution in [0.15, 0.2) is 30.5 Å². The summed E-state index contributed by atoms with van der Waals surface area (Å²) in [5.74, 6) is -1.93. The lowest BCUT2D eigenvalue weighted by Crippen LogP contribution is -2.07. The van der Waals surface area contributed by atoms with Gasteiger partial charge in [-0.15, -0.1) is 0 Å². The van der Waals surface area contributed by atoms with Gasteiger partial charge < -0.3 is 14.9 Å². The van der Waals surface area contributed by atoms with Gasteiger partial charge in [0.15, 0.2) is 0 Å². The summed E-state index contributed by atoms with van der Waals surface area (Å²) < 4.78 is 43.3. The molecule has 0 radical (unpaired) electrons. The molecule has 0 fully saturated rings. The highest BCUT2D eigenvalue weighted by Crippen LogP contribution is 2.43. The molecule has 0 spiro atoms. The highest BCUT2D eigenvalue weighted by molar-refractivity contribution is 6.31. The van der Waals surface area contributed by atoms with Crippen molar-refractivity contribution in [3.05, 3.63) is 61.3 Å². The van der Waals surface area contributed by atoms with Crippen LogP contribution in [-0.4, -0.2) is 14.8 Å². The van der Waals surface area contributed by atoms with E-state index in [9.17, 15) is 33.4 Å². The van der Waals surface area contributed by atoms with E-state index >= 15 is 0 Å². The molecule has 8 nitrogen and oxygen atoms in total. The lowest BCUT2D eigenvalue weighted by Gasteiger charge is -2.11. The Labute approximate surface area is 135 Å². The Bertz CT molecular complexity index is 828. The first-order chi connectivity index (χ1) is 11.1. The van der Waals surface area contributed by atoms with Crippen molar-refractivity contribution in [2.24, 2.45) is 0 Å². The Kier molecular flexibility index (Phi) is 4.55. The molecule has 1 aromatic carbocycles. The van der Waals surface area contributed by atoms with Crippen molar-refractivity contribution in [3.63, 3.8) is 0 Å². The van der Waals surface area contributed by atoms with E-state index in [4.69, 9.17) is 16.3 Å². The summed E-state index contributed by atoms with van der Waals surface area (Å²) in [5.41, 5.74) is -2.48. The van der Waals surface area contributed by atoms with Crippen LogP contribution < -0.4 is 4.74 Å². The van der Waals surface area contributed by atoms with Crippen molar-refractivity contribution in [3.8, 4) is 11.5 Å². The quantitative estimate of drug-likeness (QED) is 0.589. The molecular weight excluding hydrogens is 359 g/mol. The third kappa shape index (κ3) is 3.51. The van der Waals surface area contributed by atoms with E-state index in [2.05, 4.69) is 4.98 Å². The van der Waals surface area contributed by atoms with Crippen LogP contribution in [0.4, 0.5) is 24.7 Å². The summed E-state index contributed by atoms with van der Waals surface area (Å²) in [7, 11) is 0. The Morgan fingerprint density at radius 3 is 2.33 bits per heavy atom. The van der Waals surface area contributed by atoms with Gasteiger partial charge in [-0.2, -0.15) is 13.2 Å². The Balaban J connectivity index is 2.58. The van der Waals surface area contributed by atoms with Gasteiger partial charge in [-0.25, -0.2) is 0 Å². The number of nitro groups is 2. The molecule has 0 atom stereocenters. The van der Waals surface area contributed by atoms with Crippen LogP contribution in [0.1, 0.15) is 5.56 Å². The van der Waals surface area contributed by atoms with Crippen molar-refractivity contribution in [1.82, 2.24) is 4.98 Å². The molecule has 0 aliphatic heterocycles. The molecule has 2 rings (SSSR count). The Hall–Kier alpha value is -2.95. The van der Waals surface area contributed by atoms with Gasteiger partial charge in [0.1, 0.15) is 6.20 Å². The van der Waals surface area contributed by atoms with Crippen molar-refractivity contribution in [2.45, 2.75) is 6.18 Å². The van der Waals surface area contributed by atoms with Gasteiger partial charge in [-0.05, 0) is 22.0 Å². The molecular formula is C12H5ClF3N3O5. The molecule has 1 aromatic heterocycles. The van der Waals surface area contributed by atoms with Crippen LogP contribution in [0.3, 0.4) is 0 Å². The summed E-state index contributed by atoms with van der Waals surface area (Å²) in [5, 5.41) is 21.0. The third-order valence-electron chi connectivity index (χ3n) is 2.69. The lowest BCUT2D eigenvalue weighted by molar-refractivity contribution is -0.391. The Morgan fingerprint density at radius 1 is 1.12 bits per heavy atom. The van der Waals surface area contributed by atoms with Gasteiger partial charge in [0.2, 0.25) is 11.5 Å². The van der Waals surface area contributed by atoms with Crippen molar-refractivity contribution >= 4 is 23.1 Å². The second kappa shape index (κ2) is 6.28. The predicted octanol–water partition coefficient (Wildman–Crippen LogP) is 4.36. The number of pyridine rings is 1. The number of alkyl halides is 3. The molecule has 12 heteroatoms. The minimum atomic E-state index is -4.92. The standard InChI is InChI=1S/C12H5ClF3N3O5/c13-7-5-10(8(18(20)21)4-6(7)12(14,15)16)24-9-2-1-3-17-11(9)19(22)23/h1-5H. The zero-order chi connectivity index (χ0) is 18.1. The first-order valence-corrected chi connectivity index (χ1v) is 6.31. The number of hydrogen-bond acceptors (Lipinski definition) is 6. The van der Waals surface area contributed by atoms with Crippen LogP contribution in [0.5, 0.6) is 11.5 Å². The SMILES string of the molecule is O=[N+]([O-])c1cc(C(F)(F)F)c(Cl)cc1Oc1cccnc1[N+](=O)[O-]. The number of rotatable bonds is 4. The van der Waals surface area contributed by atoms with E-state index in [-0.39, 0.29) is 6.07 Å². The number of aromatic nitrogens is 1. The summed E-state index contributed by atoms with van der Waals surface area (Å²) in [4.78, 5) is 23.2. The zero-order valence-corrected chi connectivity index (χ0v) is 12.0. The predicted molar refractivity (Wildman–Crippen MR) is 74.1 cm³/mol. The van der Waals surface area contributed by atoms with E-state index < -0.39 is 49.6 Å². The molecule has 0 saturated carbocycles. The molecule has 0 saturated heterocycles. The molecule has 24 heavy (non-hydrogen) atoms. The van der Waals surface area contributed by atoms with Crippen molar-refractivity contribution < 1.29 is 27.8 Å². The van der Waals surface area contributed by atoms with Crippen LogP contribution >= 0.6 is 11.6 Å². The fraction of sp³-hybridized carbons (Fsp3) is 0.0833. The van der Waals surface area contributed by atoms with Crippen LogP contribution in [0, 0.1) is 20.2 Å². The highest BCUT2D eigenvalue weighted by Gasteiger charge is 2.37.